The van der Waals surface area contributed by atoms with Gasteiger partial charge in [0, 0.05) is 16.3 Å². The maximum absolute atomic E-state index is 12.8. The van der Waals surface area contributed by atoms with Gasteiger partial charge in [0.2, 0.25) is 21.9 Å². The predicted molar refractivity (Wildman–Crippen MR) is 146 cm³/mol. The van der Waals surface area contributed by atoms with Crippen LogP contribution in [0, 0.1) is 0 Å². The lowest BCUT2D eigenvalue weighted by Crippen LogP contribution is -2.39. The highest BCUT2D eigenvalue weighted by atomic mass is 35.5. The molecule has 1 amide bonds. The minimum absolute atomic E-state index is 0.00161. The third-order valence-electron chi connectivity index (χ3n) is 7.13. The molecule has 0 aliphatic heterocycles. The number of hydrogen-bond donors (Lipinski definition) is 3. The van der Waals surface area contributed by atoms with Crippen LogP contribution in [0.2, 0.25) is 5.02 Å². The van der Waals surface area contributed by atoms with E-state index in [1.807, 2.05) is 12.1 Å². The number of nitrogens with zero attached hydrogens (tertiary/aromatic N) is 3. The molecule has 0 spiro atoms. The van der Waals surface area contributed by atoms with Crippen molar-refractivity contribution in [2.75, 3.05) is 17.2 Å². The van der Waals surface area contributed by atoms with Crippen molar-refractivity contribution in [2.45, 2.75) is 55.5 Å². The predicted octanol–water partition coefficient (Wildman–Crippen LogP) is 5.31. The molecule has 1 aromatic heterocycles. The largest absolute Gasteiger partial charge is 0.454 e. The first-order valence-corrected chi connectivity index (χ1v) is 14.6. The number of halogens is 4. The van der Waals surface area contributed by atoms with Gasteiger partial charge in [-0.25, -0.2) is 13.1 Å². The number of anilines is 3. The highest BCUT2D eigenvalue weighted by molar-refractivity contribution is 7.91. The van der Waals surface area contributed by atoms with E-state index in [1.165, 1.54) is 24.3 Å². The summed E-state index contributed by atoms with van der Waals surface area (Å²) in [6.45, 7) is 0.172. The van der Waals surface area contributed by atoms with Crippen molar-refractivity contribution in [3.05, 3.63) is 64.7 Å². The minimum atomic E-state index is -4.60. The number of hydrogen-bond acceptors (Lipinski definition) is 9. The number of benzene rings is 2. The molecule has 2 saturated carbocycles. The standard InChI is InChI=1S/C26H26ClF3N6O4S/c1-2-24(11-12-24)41(38,39)36-20(37)16-3-9-19(10-4-16)31-21-32-22(34-23(33-21)40-15-26(28,29)30)35-25(13-14-25)17-5-7-18(27)8-6-17/h3-10H,2,11-15H2,1H3,(H,36,37)(H2,31,32,33,34,35). The fourth-order valence-corrected chi connectivity index (χ4v) is 6.07. The highest BCUT2D eigenvalue weighted by Gasteiger charge is 2.53. The number of amides is 1. The van der Waals surface area contributed by atoms with Crippen LogP contribution in [0.4, 0.5) is 30.8 Å². The summed E-state index contributed by atoms with van der Waals surface area (Å²) in [5.41, 5.74) is 0.889. The summed E-state index contributed by atoms with van der Waals surface area (Å²) in [6.07, 6.45) is -1.70. The van der Waals surface area contributed by atoms with Crippen molar-refractivity contribution < 1.29 is 31.1 Å². The fourth-order valence-electron chi connectivity index (χ4n) is 4.35. The van der Waals surface area contributed by atoms with Crippen LogP contribution in [0.3, 0.4) is 0 Å². The zero-order valence-electron chi connectivity index (χ0n) is 21.8. The van der Waals surface area contributed by atoms with Gasteiger partial charge in [0.25, 0.3) is 5.91 Å². The number of nitrogens with one attached hydrogen (secondary N) is 3. The van der Waals surface area contributed by atoms with Gasteiger partial charge in [-0.2, -0.15) is 28.1 Å². The van der Waals surface area contributed by atoms with E-state index >= 15 is 0 Å². The summed E-state index contributed by atoms with van der Waals surface area (Å²) in [7, 11) is -3.81. The molecular formula is C26H26ClF3N6O4S. The SMILES string of the molecule is CCC1(S(=O)(=O)NC(=O)c2ccc(Nc3nc(NC4(c5ccc(Cl)cc5)CC4)nc(OCC(F)(F)F)n3)cc2)CC1. The molecule has 3 N–H and O–H groups in total. The molecule has 5 rings (SSSR count). The minimum Gasteiger partial charge on any atom is -0.454 e. The summed E-state index contributed by atoms with van der Waals surface area (Å²) in [6, 6.07) is 12.4. The second kappa shape index (κ2) is 10.6. The molecule has 10 nitrogen and oxygen atoms in total. The molecule has 2 aliphatic carbocycles. The summed E-state index contributed by atoms with van der Waals surface area (Å²) in [5.74, 6) is -0.870. The summed E-state index contributed by atoms with van der Waals surface area (Å²) < 4.78 is 69.6. The highest BCUT2D eigenvalue weighted by Crippen LogP contribution is 2.48. The molecule has 0 bridgehead atoms. The van der Waals surface area contributed by atoms with Gasteiger partial charge in [0.1, 0.15) is 0 Å². The molecule has 0 atom stereocenters. The Kier molecular flexibility index (Phi) is 7.49. The van der Waals surface area contributed by atoms with E-state index in [0.29, 0.717) is 30.0 Å². The van der Waals surface area contributed by atoms with Crippen LogP contribution in [0.15, 0.2) is 48.5 Å². The van der Waals surface area contributed by atoms with Gasteiger partial charge in [0.05, 0.1) is 10.3 Å². The topological polar surface area (TPSA) is 135 Å². The van der Waals surface area contributed by atoms with Crippen LogP contribution in [0.1, 0.15) is 54.9 Å². The monoisotopic (exact) mass is 610 g/mol. The number of alkyl halides is 3. The zero-order valence-corrected chi connectivity index (χ0v) is 23.3. The van der Waals surface area contributed by atoms with Crippen LogP contribution in [-0.4, -0.2) is 46.8 Å². The lowest BCUT2D eigenvalue weighted by atomic mass is 10.1. The van der Waals surface area contributed by atoms with Gasteiger partial charge in [0.15, 0.2) is 6.61 Å². The molecule has 218 valence electrons. The van der Waals surface area contributed by atoms with Crippen LogP contribution >= 0.6 is 11.6 Å². The molecule has 15 heteroatoms. The molecule has 2 aliphatic rings. The molecule has 41 heavy (non-hydrogen) atoms. The van der Waals surface area contributed by atoms with Crippen molar-refractivity contribution in [2.24, 2.45) is 0 Å². The van der Waals surface area contributed by atoms with Gasteiger partial charge in [-0.05, 0) is 74.1 Å². The molecular weight excluding hydrogens is 585 g/mol. The number of rotatable bonds is 11. The first-order chi connectivity index (χ1) is 19.3. The lowest BCUT2D eigenvalue weighted by Gasteiger charge is -2.19. The molecule has 2 aromatic carbocycles. The first kappa shape index (κ1) is 28.9. The second-order valence-electron chi connectivity index (χ2n) is 10.1. The van der Waals surface area contributed by atoms with E-state index in [0.717, 1.165) is 18.4 Å². The van der Waals surface area contributed by atoms with E-state index in [9.17, 15) is 26.4 Å². The molecule has 0 saturated heterocycles. The summed E-state index contributed by atoms with van der Waals surface area (Å²) in [5, 5.41) is 6.61. The molecule has 1 heterocycles. The zero-order chi connectivity index (χ0) is 29.5. The third-order valence-corrected chi connectivity index (χ3v) is 9.67. The maximum atomic E-state index is 12.8. The Morgan fingerprint density at radius 2 is 1.61 bits per heavy atom. The van der Waals surface area contributed by atoms with Crippen molar-refractivity contribution in [3.8, 4) is 6.01 Å². The van der Waals surface area contributed by atoms with E-state index in [1.54, 1.807) is 19.1 Å². The molecule has 0 radical (unpaired) electrons. The summed E-state index contributed by atoms with van der Waals surface area (Å²) in [4.78, 5) is 24.8. The van der Waals surface area contributed by atoms with Crippen LogP contribution in [-0.2, 0) is 15.6 Å². The van der Waals surface area contributed by atoms with Crippen molar-refractivity contribution in [1.29, 1.82) is 0 Å². The van der Waals surface area contributed by atoms with Crippen molar-refractivity contribution in [1.82, 2.24) is 19.7 Å². The first-order valence-electron chi connectivity index (χ1n) is 12.8. The van der Waals surface area contributed by atoms with Gasteiger partial charge >= 0.3 is 12.2 Å². The Bertz CT molecular complexity index is 1540. The fraction of sp³-hybridized carbons (Fsp3) is 0.385. The number of ether oxygens (including phenoxy) is 1. The molecule has 2 fully saturated rings. The Hall–Kier alpha value is -3.65. The molecule has 3 aromatic rings. The van der Waals surface area contributed by atoms with E-state index < -0.39 is 45.0 Å². The van der Waals surface area contributed by atoms with Crippen LogP contribution in [0.5, 0.6) is 6.01 Å². The third kappa shape index (κ3) is 6.64. The van der Waals surface area contributed by atoms with Crippen LogP contribution in [0.25, 0.3) is 0 Å². The average Bonchev–Trinajstić information content (AvgIpc) is 3.84. The van der Waals surface area contributed by atoms with Crippen molar-refractivity contribution >= 4 is 45.1 Å². The quantitative estimate of drug-likeness (QED) is 0.264. The van der Waals surface area contributed by atoms with E-state index in [4.69, 9.17) is 16.3 Å². The number of carbonyl (C=O) groups is 1. The van der Waals surface area contributed by atoms with Gasteiger partial charge in [-0.3, -0.25) is 4.79 Å². The Morgan fingerprint density at radius 3 is 2.17 bits per heavy atom. The Balaban J connectivity index is 1.33. The number of sulfonamides is 1. The smallest absolute Gasteiger partial charge is 0.422 e. The van der Waals surface area contributed by atoms with Gasteiger partial charge < -0.3 is 15.4 Å². The van der Waals surface area contributed by atoms with E-state index in [-0.39, 0.29) is 17.5 Å². The molecule has 0 unspecified atom stereocenters. The van der Waals surface area contributed by atoms with Crippen LogP contribution < -0.4 is 20.1 Å². The number of aromatic nitrogens is 3. The van der Waals surface area contributed by atoms with E-state index in [2.05, 4.69) is 30.3 Å². The Labute approximate surface area is 239 Å². The van der Waals surface area contributed by atoms with Gasteiger partial charge in [-0.15, -0.1) is 0 Å². The second-order valence-corrected chi connectivity index (χ2v) is 12.6. The van der Waals surface area contributed by atoms with Gasteiger partial charge in [-0.1, -0.05) is 30.7 Å². The lowest BCUT2D eigenvalue weighted by molar-refractivity contribution is -0.154. The van der Waals surface area contributed by atoms with Crippen molar-refractivity contribution in [3.63, 3.8) is 0 Å². The maximum Gasteiger partial charge on any atom is 0.422 e. The Morgan fingerprint density at radius 1 is 0.976 bits per heavy atom. The summed E-state index contributed by atoms with van der Waals surface area (Å²) >= 11 is 6.00. The number of carbonyl (C=O) groups excluding carboxylic acids is 1. The normalized spacial score (nSPS) is 16.9. The average molecular weight is 611 g/mol.